The molecule has 2 rings (SSSR count). The maximum absolute atomic E-state index is 12.1. The van der Waals surface area contributed by atoms with Gasteiger partial charge in [-0.2, -0.15) is 5.10 Å². The highest BCUT2D eigenvalue weighted by Crippen LogP contribution is 2.06. The highest BCUT2D eigenvalue weighted by atomic mass is 16.5. The Kier molecular flexibility index (Phi) is 6.77. The lowest BCUT2D eigenvalue weighted by Crippen LogP contribution is -2.38. The summed E-state index contributed by atoms with van der Waals surface area (Å²) in [5.74, 6) is 0. The van der Waals surface area contributed by atoms with E-state index >= 15 is 0 Å². The number of hydrogen-bond acceptors (Lipinski definition) is 4. The number of aliphatic hydroxyl groups excluding tert-OH is 1. The van der Waals surface area contributed by atoms with Gasteiger partial charge in [0, 0.05) is 19.8 Å². The number of nitrogens with one attached hydrogen (secondary N) is 1. The molecule has 1 aromatic carbocycles. The van der Waals surface area contributed by atoms with Gasteiger partial charge in [0.25, 0.3) is 0 Å². The van der Waals surface area contributed by atoms with Gasteiger partial charge in [0.05, 0.1) is 37.7 Å². The van der Waals surface area contributed by atoms with Crippen molar-refractivity contribution in [3.05, 3.63) is 48.3 Å². The summed E-state index contributed by atoms with van der Waals surface area (Å²) >= 11 is 0. The van der Waals surface area contributed by atoms with E-state index in [1.807, 2.05) is 37.3 Å². The molecular formula is C17H24N4O3. The molecule has 2 N–H and O–H groups in total. The number of ether oxygens (including phenoxy) is 1. The Hall–Kier alpha value is -2.38. The van der Waals surface area contributed by atoms with Crippen molar-refractivity contribution in [3.8, 4) is 0 Å². The number of likely N-dealkylation sites (N-methyl/N-ethyl adjacent to an activating group) is 1. The maximum Gasteiger partial charge on any atom is 0.321 e. The van der Waals surface area contributed by atoms with E-state index in [0.717, 1.165) is 12.1 Å². The third kappa shape index (κ3) is 5.68. The number of hydrogen-bond donors (Lipinski definition) is 2. The molecule has 0 saturated carbocycles. The lowest BCUT2D eigenvalue weighted by atomic mass is 10.2. The van der Waals surface area contributed by atoms with Crippen LogP contribution in [0, 0.1) is 0 Å². The predicted molar refractivity (Wildman–Crippen MR) is 91.7 cm³/mol. The van der Waals surface area contributed by atoms with Crippen molar-refractivity contribution in [1.82, 2.24) is 14.7 Å². The maximum atomic E-state index is 12.1. The highest BCUT2D eigenvalue weighted by Gasteiger charge is 2.14. The van der Waals surface area contributed by atoms with Gasteiger partial charge >= 0.3 is 6.03 Å². The Morgan fingerprint density at radius 3 is 2.83 bits per heavy atom. The normalized spacial score (nSPS) is 12.0. The largest absolute Gasteiger partial charge is 0.389 e. The summed E-state index contributed by atoms with van der Waals surface area (Å²) in [5.41, 5.74) is 1.67. The van der Waals surface area contributed by atoms with Gasteiger partial charge in [-0.3, -0.25) is 4.68 Å². The van der Waals surface area contributed by atoms with Crippen LogP contribution < -0.4 is 5.32 Å². The number of benzene rings is 1. The number of urea groups is 1. The fraction of sp³-hybridized carbons (Fsp3) is 0.412. The molecule has 0 saturated heterocycles. The molecular weight excluding hydrogens is 308 g/mol. The van der Waals surface area contributed by atoms with Gasteiger partial charge in [0.1, 0.15) is 0 Å². The van der Waals surface area contributed by atoms with Gasteiger partial charge in [-0.05, 0) is 12.5 Å². The minimum Gasteiger partial charge on any atom is -0.389 e. The minimum atomic E-state index is -0.747. The molecule has 1 atom stereocenters. The van der Waals surface area contributed by atoms with Crippen LogP contribution in [-0.4, -0.2) is 52.1 Å². The molecule has 2 aromatic rings. The number of anilines is 1. The first-order valence-corrected chi connectivity index (χ1v) is 7.92. The molecule has 130 valence electrons. The van der Waals surface area contributed by atoms with Crippen LogP contribution in [0.15, 0.2) is 42.7 Å². The Morgan fingerprint density at radius 2 is 2.17 bits per heavy atom. The minimum absolute atomic E-state index is 0.167. The zero-order chi connectivity index (χ0) is 17.4. The summed E-state index contributed by atoms with van der Waals surface area (Å²) in [4.78, 5) is 13.5. The molecule has 0 fully saturated rings. The van der Waals surface area contributed by atoms with Crippen LogP contribution in [-0.2, 0) is 17.9 Å². The van der Waals surface area contributed by atoms with Crippen LogP contribution in [0.4, 0.5) is 10.5 Å². The topological polar surface area (TPSA) is 79.6 Å². The Bertz CT molecular complexity index is 630. The first-order chi connectivity index (χ1) is 11.6. The summed E-state index contributed by atoms with van der Waals surface area (Å²) in [6.07, 6.45) is 2.60. The van der Waals surface area contributed by atoms with E-state index < -0.39 is 6.10 Å². The quantitative estimate of drug-likeness (QED) is 0.774. The number of carbonyl (C=O) groups is 1. The molecule has 0 aliphatic heterocycles. The summed E-state index contributed by atoms with van der Waals surface area (Å²) in [6.45, 7) is 3.49. The number of amides is 2. The van der Waals surface area contributed by atoms with Crippen LogP contribution >= 0.6 is 0 Å². The van der Waals surface area contributed by atoms with Crippen LogP contribution in [0.25, 0.3) is 0 Å². The summed E-state index contributed by atoms with van der Waals surface area (Å²) in [5, 5.41) is 16.8. The van der Waals surface area contributed by atoms with E-state index in [-0.39, 0.29) is 19.2 Å². The molecule has 0 aliphatic carbocycles. The Labute approximate surface area is 141 Å². The van der Waals surface area contributed by atoms with Gasteiger partial charge in [-0.15, -0.1) is 0 Å². The molecule has 0 radical (unpaired) electrons. The predicted octanol–water partition coefficient (Wildman–Crippen LogP) is 1.94. The number of nitrogens with zero attached hydrogens (tertiary/aromatic N) is 3. The second-order valence-electron chi connectivity index (χ2n) is 5.55. The van der Waals surface area contributed by atoms with Crippen LogP contribution in [0.1, 0.15) is 12.5 Å². The van der Waals surface area contributed by atoms with E-state index in [1.54, 1.807) is 24.1 Å². The van der Waals surface area contributed by atoms with Gasteiger partial charge in [-0.25, -0.2) is 4.79 Å². The molecule has 24 heavy (non-hydrogen) atoms. The number of aromatic nitrogens is 2. The third-order valence-electron chi connectivity index (χ3n) is 3.46. The highest BCUT2D eigenvalue weighted by molar-refractivity contribution is 5.88. The smallest absolute Gasteiger partial charge is 0.321 e. The second-order valence-corrected chi connectivity index (χ2v) is 5.55. The van der Waals surface area contributed by atoms with Crippen LogP contribution in [0.5, 0.6) is 0 Å². The fourth-order valence-electron chi connectivity index (χ4n) is 2.16. The molecule has 0 bridgehead atoms. The molecule has 0 unspecified atom stereocenters. The van der Waals surface area contributed by atoms with Crippen molar-refractivity contribution in [1.29, 1.82) is 0 Å². The first kappa shape index (κ1) is 18.0. The molecule has 0 spiro atoms. The SMILES string of the molecule is CCn1cc(NC(=O)N(C)C[C@H](O)COCc2ccccc2)cn1. The number of aliphatic hydroxyl groups is 1. The van der Waals surface area contributed by atoms with Gasteiger partial charge in [0.15, 0.2) is 0 Å². The summed E-state index contributed by atoms with van der Waals surface area (Å²) in [6, 6.07) is 9.44. The molecule has 1 aromatic heterocycles. The summed E-state index contributed by atoms with van der Waals surface area (Å²) in [7, 11) is 1.62. The van der Waals surface area contributed by atoms with Gasteiger partial charge in [0.2, 0.25) is 0 Å². The molecule has 7 heteroatoms. The van der Waals surface area contributed by atoms with Gasteiger partial charge < -0.3 is 20.1 Å². The van der Waals surface area contributed by atoms with Crippen molar-refractivity contribution in [2.45, 2.75) is 26.2 Å². The Balaban J connectivity index is 1.70. The van der Waals surface area contributed by atoms with Crippen LogP contribution in [0.2, 0.25) is 0 Å². The standard InChI is InChI=1S/C17H24N4O3/c1-3-21-10-15(9-18-21)19-17(23)20(2)11-16(22)13-24-12-14-7-5-4-6-8-14/h4-10,16,22H,3,11-13H2,1-2H3,(H,19,23)/t16-/m0/s1. The average molecular weight is 332 g/mol. The van der Waals surface area contributed by atoms with E-state index in [4.69, 9.17) is 4.74 Å². The molecule has 2 amide bonds. The number of carbonyl (C=O) groups excluding carboxylic acids is 1. The van der Waals surface area contributed by atoms with Crippen molar-refractivity contribution in [3.63, 3.8) is 0 Å². The van der Waals surface area contributed by atoms with Crippen LogP contribution in [0.3, 0.4) is 0 Å². The zero-order valence-electron chi connectivity index (χ0n) is 14.1. The Morgan fingerprint density at radius 1 is 1.42 bits per heavy atom. The van der Waals surface area contributed by atoms with Crippen molar-refractivity contribution in [2.24, 2.45) is 0 Å². The number of rotatable bonds is 8. The summed E-state index contributed by atoms with van der Waals surface area (Å²) < 4.78 is 7.20. The molecule has 1 heterocycles. The van der Waals surface area contributed by atoms with E-state index in [1.165, 1.54) is 4.90 Å². The monoisotopic (exact) mass is 332 g/mol. The van der Waals surface area contributed by atoms with E-state index in [0.29, 0.717) is 12.3 Å². The molecule has 7 nitrogen and oxygen atoms in total. The van der Waals surface area contributed by atoms with E-state index in [2.05, 4.69) is 10.4 Å². The van der Waals surface area contributed by atoms with E-state index in [9.17, 15) is 9.90 Å². The first-order valence-electron chi connectivity index (χ1n) is 7.92. The van der Waals surface area contributed by atoms with Gasteiger partial charge in [-0.1, -0.05) is 30.3 Å². The lowest BCUT2D eigenvalue weighted by Gasteiger charge is -2.21. The van der Waals surface area contributed by atoms with Crippen molar-refractivity contribution >= 4 is 11.7 Å². The third-order valence-corrected chi connectivity index (χ3v) is 3.46. The average Bonchev–Trinajstić information content (AvgIpc) is 3.03. The number of aryl methyl sites for hydroxylation is 1. The van der Waals surface area contributed by atoms with Crippen molar-refractivity contribution < 1.29 is 14.6 Å². The second kappa shape index (κ2) is 9.05. The fourth-order valence-corrected chi connectivity index (χ4v) is 2.16. The van der Waals surface area contributed by atoms with Crippen molar-refractivity contribution in [2.75, 3.05) is 25.5 Å². The lowest BCUT2D eigenvalue weighted by molar-refractivity contribution is 0.0188. The zero-order valence-corrected chi connectivity index (χ0v) is 14.1. The molecule has 0 aliphatic rings.